The van der Waals surface area contributed by atoms with Gasteiger partial charge in [0, 0.05) is 0 Å². The Bertz CT molecular complexity index is 544. The Balaban J connectivity index is 1.52. The van der Waals surface area contributed by atoms with Crippen LogP contribution < -0.4 is 0 Å². The molecule has 7 atom stereocenters. The van der Waals surface area contributed by atoms with Gasteiger partial charge in [-0.3, -0.25) is 0 Å². The molecule has 3 heterocycles. The molecule has 2 N–H and O–H groups in total. The smallest absolute Gasteiger partial charge is 0.272 e. The molecule has 8 heteroatoms. The summed E-state index contributed by atoms with van der Waals surface area (Å²) in [5.74, 6) is 0. The van der Waals surface area contributed by atoms with E-state index in [9.17, 15) is 0 Å². The molecule has 1 saturated carbocycles. The summed E-state index contributed by atoms with van der Waals surface area (Å²) in [5.41, 5.74) is 1.04. The van der Waals surface area contributed by atoms with E-state index in [0.29, 0.717) is 6.61 Å². The molecule has 0 aromatic heterocycles. The number of benzene rings is 1. The number of rotatable bonds is 9. The van der Waals surface area contributed by atoms with Crippen LogP contribution >= 0.6 is 0 Å². The Morgan fingerprint density at radius 2 is 1.23 bits per heavy atom. The minimum Gasteiger partial charge on any atom is -0.394 e. The Morgan fingerprint density at radius 1 is 0.731 bits per heavy atom. The molecule has 1 aromatic rings. The number of ether oxygens (including phenoxy) is 6. The lowest BCUT2D eigenvalue weighted by Gasteiger charge is -2.58. The SMILES string of the molecule is OCCO[C@@H]1C2OC3O[C@@H]1C(OCc1ccccc1)[C@H](O3)[C@H]2OCCO. The fourth-order valence-corrected chi connectivity index (χ4v) is 3.78. The van der Waals surface area contributed by atoms with Gasteiger partial charge in [0.05, 0.1) is 33.0 Å². The molecule has 0 radical (unpaired) electrons. The largest absolute Gasteiger partial charge is 0.394 e. The maximum absolute atomic E-state index is 9.12. The van der Waals surface area contributed by atoms with Crippen molar-refractivity contribution in [3.8, 4) is 0 Å². The zero-order valence-corrected chi connectivity index (χ0v) is 14.3. The fourth-order valence-electron chi connectivity index (χ4n) is 3.78. The minimum atomic E-state index is -0.769. The third-order valence-electron chi connectivity index (χ3n) is 4.84. The number of hydrogen-bond acceptors (Lipinski definition) is 8. The normalized spacial score (nSPS) is 38.0. The number of aliphatic hydroxyl groups is 2. The number of hydrogen-bond donors (Lipinski definition) is 2. The first kappa shape index (κ1) is 18.3. The summed E-state index contributed by atoms with van der Waals surface area (Å²) in [4.78, 5) is 0. The molecular formula is C18H24O8. The molecule has 1 aromatic carbocycles. The molecule has 5 rings (SSSR count). The first-order chi connectivity index (χ1) is 12.8. The molecule has 8 nitrogen and oxygen atoms in total. The molecule has 1 aliphatic carbocycles. The average molecular weight is 368 g/mol. The molecule has 3 aliphatic heterocycles. The summed E-state index contributed by atoms with van der Waals surface area (Å²) in [6, 6.07) is 9.84. The predicted octanol–water partition coefficient (Wildman–Crippen LogP) is -0.193. The monoisotopic (exact) mass is 368 g/mol. The van der Waals surface area contributed by atoms with E-state index in [1.807, 2.05) is 30.3 Å². The Labute approximate surface area is 151 Å². The van der Waals surface area contributed by atoms with Crippen LogP contribution in [0.3, 0.4) is 0 Å². The summed E-state index contributed by atoms with van der Waals surface area (Å²) < 4.78 is 35.1. The molecule has 3 unspecified atom stereocenters. The van der Waals surface area contributed by atoms with Crippen LogP contribution in [0.2, 0.25) is 0 Å². The zero-order valence-electron chi connectivity index (χ0n) is 14.3. The van der Waals surface area contributed by atoms with Crippen LogP contribution in [0.4, 0.5) is 0 Å². The summed E-state index contributed by atoms with van der Waals surface area (Å²) in [7, 11) is 0. The lowest BCUT2D eigenvalue weighted by atomic mass is 9.82. The van der Waals surface area contributed by atoms with Crippen LogP contribution in [-0.2, 0) is 35.0 Å². The van der Waals surface area contributed by atoms with E-state index < -0.39 is 30.9 Å². The molecule has 0 spiro atoms. The maximum Gasteiger partial charge on any atom is 0.272 e. The third-order valence-corrected chi connectivity index (χ3v) is 4.84. The van der Waals surface area contributed by atoms with E-state index in [0.717, 1.165) is 5.56 Å². The van der Waals surface area contributed by atoms with Gasteiger partial charge in [-0.2, -0.15) is 0 Å². The van der Waals surface area contributed by atoms with Crippen molar-refractivity contribution in [2.75, 3.05) is 26.4 Å². The third kappa shape index (κ3) is 3.51. The van der Waals surface area contributed by atoms with E-state index >= 15 is 0 Å². The van der Waals surface area contributed by atoms with Crippen LogP contribution in [0.15, 0.2) is 30.3 Å². The van der Waals surface area contributed by atoms with Crippen molar-refractivity contribution in [2.45, 2.75) is 49.7 Å². The topological polar surface area (TPSA) is 95.8 Å². The zero-order chi connectivity index (χ0) is 17.9. The van der Waals surface area contributed by atoms with Crippen molar-refractivity contribution >= 4 is 0 Å². The van der Waals surface area contributed by atoms with Crippen LogP contribution in [-0.4, -0.2) is 79.7 Å². The molecule has 4 fully saturated rings. The van der Waals surface area contributed by atoms with Gasteiger partial charge in [0.2, 0.25) is 0 Å². The lowest BCUT2D eigenvalue weighted by Crippen LogP contribution is -2.76. The van der Waals surface area contributed by atoms with Gasteiger partial charge < -0.3 is 38.6 Å². The van der Waals surface area contributed by atoms with Crippen molar-refractivity contribution in [3.05, 3.63) is 35.9 Å². The van der Waals surface area contributed by atoms with Gasteiger partial charge >= 0.3 is 0 Å². The highest BCUT2D eigenvalue weighted by Gasteiger charge is 2.63. The van der Waals surface area contributed by atoms with E-state index in [4.69, 9.17) is 38.6 Å². The minimum absolute atomic E-state index is 0.100. The van der Waals surface area contributed by atoms with E-state index in [-0.39, 0.29) is 38.6 Å². The standard InChI is InChI=1S/C18H24O8/c19-6-8-21-12-15-13(22-9-7-20)17-14(16(12)25-18(24-15)26-17)23-10-11-4-2-1-3-5-11/h1-5,12-20H,6-10H2/t12-,13+,14?,15?,16+,17-,18?. The Hall–Kier alpha value is -1.10. The Kier molecular flexibility index (Phi) is 5.82. The second-order valence-corrected chi connectivity index (χ2v) is 6.47. The highest BCUT2D eigenvalue weighted by atomic mass is 16.9. The predicted molar refractivity (Wildman–Crippen MR) is 87.1 cm³/mol. The van der Waals surface area contributed by atoms with Crippen molar-refractivity contribution in [1.29, 1.82) is 0 Å². The van der Waals surface area contributed by atoms with Gasteiger partial charge in [-0.1, -0.05) is 30.3 Å². The van der Waals surface area contributed by atoms with Gasteiger partial charge in [0.15, 0.2) is 0 Å². The average Bonchev–Trinajstić information content (AvgIpc) is 2.67. The first-order valence-electron chi connectivity index (χ1n) is 8.88. The first-order valence-corrected chi connectivity index (χ1v) is 8.88. The van der Waals surface area contributed by atoms with E-state index in [2.05, 4.69) is 0 Å². The van der Waals surface area contributed by atoms with Gasteiger partial charge in [0.25, 0.3) is 6.48 Å². The van der Waals surface area contributed by atoms with Gasteiger partial charge in [-0.15, -0.1) is 0 Å². The quantitative estimate of drug-likeness (QED) is 0.619. The van der Waals surface area contributed by atoms with Crippen molar-refractivity contribution in [3.63, 3.8) is 0 Å². The van der Waals surface area contributed by atoms with Gasteiger partial charge in [-0.05, 0) is 5.56 Å². The molecule has 144 valence electrons. The molecule has 0 amide bonds. The van der Waals surface area contributed by atoms with Crippen LogP contribution in [0.1, 0.15) is 5.56 Å². The van der Waals surface area contributed by atoms with Crippen LogP contribution in [0.5, 0.6) is 0 Å². The maximum atomic E-state index is 9.12. The van der Waals surface area contributed by atoms with Gasteiger partial charge in [-0.25, -0.2) is 0 Å². The summed E-state index contributed by atoms with van der Waals surface area (Å²) in [6.45, 7) is -0.235. The summed E-state index contributed by atoms with van der Waals surface area (Å²) in [5, 5.41) is 18.2. The van der Waals surface area contributed by atoms with Crippen LogP contribution in [0, 0.1) is 0 Å². The molecule has 26 heavy (non-hydrogen) atoms. The van der Waals surface area contributed by atoms with Crippen LogP contribution in [0.25, 0.3) is 0 Å². The highest BCUT2D eigenvalue weighted by Crippen LogP contribution is 2.43. The molecular weight excluding hydrogens is 344 g/mol. The van der Waals surface area contributed by atoms with Crippen molar-refractivity contribution in [2.24, 2.45) is 0 Å². The second-order valence-electron chi connectivity index (χ2n) is 6.47. The summed E-state index contributed by atoms with van der Waals surface area (Å²) >= 11 is 0. The molecule has 3 saturated heterocycles. The summed E-state index contributed by atoms with van der Waals surface area (Å²) in [6.07, 6.45) is -2.43. The second kappa shape index (κ2) is 8.28. The van der Waals surface area contributed by atoms with E-state index in [1.54, 1.807) is 0 Å². The van der Waals surface area contributed by atoms with Crippen molar-refractivity contribution in [1.82, 2.24) is 0 Å². The Morgan fingerprint density at radius 3 is 1.73 bits per heavy atom. The highest BCUT2D eigenvalue weighted by molar-refractivity contribution is 5.14. The molecule has 4 aliphatic rings. The fraction of sp³-hybridized carbons (Fsp3) is 0.667. The molecule has 4 bridgehead atoms. The van der Waals surface area contributed by atoms with Crippen molar-refractivity contribution < 1.29 is 38.6 Å². The van der Waals surface area contributed by atoms with Gasteiger partial charge in [0.1, 0.15) is 36.6 Å². The number of aliphatic hydroxyl groups excluding tert-OH is 2. The van der Waals surface area contributed by atoms with E-state index in [1.165, 1.54) is 0 Å². The lowest BCUT2D eigenvalue weighted by molar-refractivity contribution is -0.489.